The maximum Gasteiger partial charge on any atom is 0.118 e. The second-order valence-electron chi connectivity index (χ2n) is 18.8. The summed E-state index contributed by atoms with van der Waals surface area (Å²) in [7, 11) is 5.12. The van der Waals surface area contributed by atoms with E-state index < -0.39 is 6.15 Å². The second kappa shape index (κ2) is 35.4. The van der Waals surface area contributed by atoms with Gasteiger partial charge in [-0.2, -0.15) is 22.7 Å². The summed E-state index contributed by atoms with van der Waals surface area (Å²) in [5, 5.41) is 0. The van der Waals surface area contributed by atoms with Crippen LogP contribution >= 0.6 is 0 Å². The molecule has 0 aliphatic heterocycles. The SMILES string of the molecule is CCCCCCCC[N+](CCCCCCCC)(CCCCCCCC)CCCCCCCC.CCCC[B-](c1ccc(OC)cc1)(c1ccc(OC)cc1)c1ccc(OC)cc1. The number of benzene rings is 3. The summed E-state index contributed by atoms with van der Waals surface area (Å²) in [5.41, 5.74) is 3.94. The van der Waals surface area contributed by atoms with E-state index in [0.717, 1.165) is 36.4 Å². The molecule has 0 aliphatic rings. The minimum absolute atomic E-state index is 0.874. The summed E-state index contributed by atoms with van der Waals surface area (Å²) in [6, 6.07) is 25.6. The van der Waals surface area contributed by atoms with E-state index in [2.05, 4.69) is 107 Å². The number of unbranched alkanes of at least 4 members (excludes halogenated alkanes) is 21. The van der Waals surface area contributed by atoms with Gasteiger partial charge in [-0.1, -0.05) is 187 Å². The molecule has 0 amide bonds. The van der Waals surface area contributed by atoms with Crippen molar-refractivity contribution in [3.8, 4) is 17.2 Å². The Balaban J connectivity index is 0.000000429. The zero-order chi connectivity index (χ0) is 45.0. The van der Waals surface area contributed by atoms with Crippen LogP contribution < -0.4 is 30.6 Å². The monoisotopic (exact) mass is 856 g/mol. The number of quaternary nitrogens is 1. The molecule has 0 unspecified atom stereocenters. The fourth-order valence-electron chi connectivity index (χ4n) is 9.97. The summed E-state index contributed by atoms with van der Waals surface area (Å²) in [6.07, 6.45) is 37.0. The molecule has 0 aliphatic carbocycles. The third-order valence-electron chi connectivity index (χ3n) is 14.0. The molecule has 0 atom stereocenters. The fourth-order valence-corrected chi connectivity index (χ4v) is 9.97. The van der Waals surface area contributed by atoms with Crippen molar-refractivity contribution in [1.82, 2.24) is 0 Å². The van der Waals surface area contributed by atoms with E-state index in [-0.39, 0.29) is 0 Å². The van der Waals surface area contributed by atoms with Crippen LogP contribution in [0.25, 0.3) is 0 Å². The number of methoxy groups -OCH3 is 3. The Labute approximate surface area is 385 Å². The minimum atomic E-state index is -1.14. The van der Waals surface area contributed by atoms with Crippen molar-refractivity contribution in [1.29, 1.82) is 0 Å². The quantitative estimate of drug-likeness (QED) is 0.0328. The Kier molecular flexibility index (Phi) is 31.6. The van der Waals surface area contributed by atoms with Crippen molar-refractivity contribution >= 4 is 22.5 Å². The smallest absolute Gasteiger partial charge is 0.118 e. The zero-order valence-electron chi connectivity index (χ0n) is 42.1. The third kappa shape index (κ3) is 21.2. The van der Waals surface area contributed by atoms with Gasteiger partial charge >= 0.3 is 0 Å². The van der Waals surface area contributed by atoms with Gasteiger partial charge in [-0.3, -0.25) is 0 Å². The van der Waals surface area contributed by atoms with Gasteiger partial charge in [0.1, 0.15) is 17.2 Å². The molecule has 352 valence electrons. The van der Waals surface area contributed by atoms with Gasteiger partial charge in [-0.05, 0) is 87.8 Å². The molecule has 0 radical (unpaired) electrons. The van der Waals surface area contributed by atoms with E-state index in [9.17, 15) is 0 Å². The molecule has 0 N–H and O–H groups in total. The molecule has 5 heteroatoms. The maximum absolute atomic E-state index is 5.41. The van der Waals surface area contributed by atoms with Crippen molar-refractivity contribution in [2.45, 2.75) is 208 Å². The molecule has 0 spiro atoms. The number of hydrogen-bond acceptors (Lipinski definition) is 3. The lowest BCUT2D eigenvalue weighted by Crippen LogP contribution is -2.66. The van der Waals surface area contributed by atoms with Gasteiger partial charge < -0.3 is 18.7 Å². The van der Waals surface area contributed by atoms with Crippen LogP contribution in [0.5, 0.6) is 17.2 Å². The van der Waals surface area contributed by atoms with Crippen LogP contribution in [0.4, 0.5) is 0 Å². The molecule has 0 aromatic heterocycles. The summed E-state index contributed by atoms with van der Waals surface area (Å²) >= 11 is 0. The van der Waals surface area contributed by atoms with Gasteiger partial charge in [0, 0.05) is 0 Å². The molecular weight excluding hydrogens is 757 g/mol. The van der Waals surface area contributed by atoms with Crippen LogP contribution in [0.2, 0.25) is 6.32 Å². The van der Waals surface area contributed by atoms with Crippen LogP contribution in [-0.4, -0.2) is 58.1 Å². The third-order valence-corrected chi connectivity index (χ3v) is 14.0. The molecule has 0 bridgehead atoms. The van der Waals surface area contributed by atoms with Gasteiger partial charge in [0.05, 0.1) is 53.7 Å². The summed E-state index contributed by atoms with van der Waals surface area (Å²) in [4.78, 5) is 0. The number of ether oxygens (including phenoxy) is 3. The average molecular weight is 856 g/mol. The first-order chi connectivity index (χ1) is 30.4. The van der Waals surface area contributed by atoms with Crippen molar-refractivity contribution in [2.75, 3.05) is 47.5 Å². The van der Waals surface area contributed by atoms with Crippen molar-refractivity contribution < 1.29 is 18.7 Å². The van der Waals surface area contributed by atoms with Crippen LogP contribution in [0.1, 0.15) is 202 Å². The Morgan fingerprint density at radius 2 is 0.532 bits per heavy atom. The highest BCUT2D eigenvalue weighted by molar-refractivity contribution is 7.11. The molecule has 3 aromatic carbocycles. The Morgan fingerprint density at radius 3 is 0.758 bits per heavy atom. The molecule has 0 saturated heterocycles. The van der Waals surface area contributed by atoms with Gasteiger partial charge in [-0.15, -0.1) is 0 Å². The van der Waals surface area contributed by atoms with Gasteiger partial charge in [0.15, 0.2) is 0 Å². The Hall–Kier alpha value is -2.92. The molecule has 62 heavy (non-hydrogen) atoms. The molecule has 0 fully saturated rings. The topological polar surface area (TPSA) is 27.7 Å². The standard InChI is InChI=1S/C32H68N.C25H30BO3/c1-5-9-13-17-21-25-29-33(30-26-22-18-14-10-6-2,31-27-23-19-15-11-7-3)32-28-24-20-16-12-8-4;1-5-6-19-26(20-7-13-23(27-2)14-8-20,21-9-15-24(28-3)16-10-21)22-11-17-25(29-4)18-12-22/h5-32H2,1-4H3;7-18H,5-6,19H2,1-4H3/q+1;-1. The van der Waals surface area contributed by atoms with Crippen molar-refractivity contribution in [3.63, 3.8) is 0 Å². The first-order valence-corrected chi connectivity index (χ1v) is 26.4. The van der Waals surface area contributed by atoms with E-state index >= 15 is 0 Å². The van der Waals surface area contributed by atoms with Crippen LogP contribution in [0, 0.1) is 0 Å². The lowest BCUT2D eigenvalue weighted by Gasteiger charge is -2.43. The molecule has 3 rings (SSSR count). The lowest BCUT2D eigenvalue weighted by molar-refractivity contribution is -0.929. The lowest BCUT2D eigenvalue weighted by atomic mass is 9.14. The van der Waals surface area contributed by atoms with Crippen LogP contribution in [0.3, 0.4) is 0 Å². The maximum atomic E-state index is 5.41. The minimum Gasteiger partial charge on any atom is -0.497 e. The summed E-state index contributed by atoms with van der Waals surface area (Å²) in [5.74, 6) is 2.62. The highest BCUT2D eigenvalue weighted by atomic mass is 16.5. The molecule has 0 heterocycles. The highest BCUT2D eigenvalue weighted by Gasteiger charge is 2.30. The van der Waals surface area contributed by atoms with Crippen LogP contribution in [-0.2, 0) is 0 Å². The second-order valence-corrected chi connectivity index (χ2v) is 18.8. The molecular formula is C57H98BNO3. The predicted molar refractivity (Wildman–Crippen MR) is 277 cm³/mol. The number of hydrogen-bond donors (Lipinski definition) is 0. The first-order valence-electron chi connectivity index (χ1n) is 26.4. The number of rotatable bonds is 37. The van der Waals surface area contributed by atoms with E-state index in [1.54, 1.807) is 21.3 Å². The first kappa shape index (κ1) is 55.2. The van der Waals surface area contributed by atoms with Crippen molar-refractivity contribution in [2.24, 2.45) is 0 Å². The Bertz CT molecular complexity index is 1260. The molecule has 0 saturated carbocycles. The van der Waals surface area contributed by atoms with Crippen molar-refractivity contribution in [3.05, 3.63) is 72.8 Å². The highest BCUT2D eigenvalue weighted by Crippen LogP contribution is 2.23. The van der Waals surface area contributed by atoms with E-state index in [0.29, 0.717) is 0 Å². The van der Waals surface area contributed by atoms with E-state index in [4.69, 9.17) is 14.2 Å². The van der Waals surface area contributed by atoms with Gasteiger partial charge in [-0.25, -0.2) is 0 Å². The predicted octanol–water partition coefficient (Wildman–Crippen LogP) is 15.2. The van der Waals surface area contributed by atoms with Gasteiger partial charge in [0.25, 0.3) is 0 Å². The molecule has 4 nitrogen and oxygen atoms in total. The van der Waals surface area contributed by atoms with Gasteiger partial charge in [0.2, 0.25) is 0 Å². The zero-order valence-corrected chi connectivity index (χ0v) is 42.1. The average Bonchev–Trinajstić information content (AvgIpc) is 3.32. The summed E-state index contributed by atoms with van der Waals surface area (Å²) in [6.45, 7) is 17.5. The van der Waals surface area contributed by atoms with Crippen LogP contribution in [0.15, 0.2) is 72.8 Å². The van der Waals surface area contributed by atoms with E-state index in [1.165, 1.54) is 201 Å². The molecule has 3 aromatic rings. The normalized spacial score (nSPS) is 11.6. The summed E-state index contributed by atoms with van der Waals surface area (Å²) < 4.78 is 17.7. The number of nitrogens with zero attached hydrogens (tertiary/aromatic N) is 1. The fraction of sp³-hybridized carbons (Fsp3) is 0.684. The Morgan fingerprint density at radius 1 is 0.306 bits per heavy atom. The van der Waals surface area contributed by atoms with E-state index in [1.807, 2.05) is 0 Å². The largest absolute Gasteiger partial charge is 0.497 e.